The van der Waals surface area contributed by atoms with E-state index in [9.17, 15) is 9.59 Å². The lowest BCUT2D eigenvalue weighted by Gasteiger charge is -2.08. The van der Waals surface area contributed by atoms with Gasteiger partial charge in [-0.05, 0) is 29.8 Å². The molecular formula is C19H14Cl2N4O3. The standard InChI is InChI=1S/C19H14Cl2N4O3/c1-28-16-7-6-13(10-15(16)21)23-8-9-24-17(18(23)26)22-25(19(24)27)11-12-4-2-3-5-14(12)20/h2-10H,11H2,1H3. The molecule has 2 heterocycles. The third-order valence-electron chi connectivity index (χ3n) is 4.34. The summed E-state index contributed by atoms with van der Waals surface area (Å²) in [6.45, 7) is 0.161. The molecule has 2 aromatic heterocycles. The van der Waals surface area contributed by atoms with Gasteiger partial charge in [-0.2, -0.15) is 0 Å². The Labute approximate surface area is 168 Å². The van der Waals surface area contributed by atoms with Crippen molar-refractivity contribution >= 4 is 28.8 Å². The predicted octanol–water partition coefficient (Wildman–Crippen LogP) is 3.01. The first-order chi connectivity index (χ1) is 13.5. The highest BCUT2D eigenvalue weighted by molar-refractivity contribution is 6.32. The number of fused-ring (bicyclic) bond motifs is 1. The van der Waals surface area contributed by atoms with E-state index in [1.807, 2.05) is 6.07 Å². The van der Waals surface area contributed by atoms with E-state index >= 15 is 0 Å². The van der Waals surface area contributed by atoms with E-state index in [0.29, 0.717) is 21.5 Å². The minimum atomic E-state index is -0.446. The Hall–Kier alpha value is -3.03. The quantitative estimate of drug-likeness (QED) is 0.512. The molecule has 0 bridgehead atoms. The summed E-state index contributed by atoms with van der Waals surface area (Å²) in [7, 11) is 1.51. The summed E-state index contributed by atoms with van der Waals surface area (Å²) in [5.74, 6) is 0.500. The number of ether oxygens (including phenoxy) is 1. The van der Waals surface area contributed by atoms with Crippen LogP contribution in [0.3, 0.4) is 0 Å². The molecule has 0 fully saturated rings. The highest BCUT2D eigenvalue weighted by Gasteiger charge is 2.14. The molecule has 0 aliphatic carbocycles. The second-order valence-electron chi connectivity index (χ2n) is 6.02. The summed E-state index contributed by atoms with van der Waals surface area (Å²) in [5.41, 5.74) is 0.403. The molecule has 28 heavy (non-hydrogen) atoms. The van der Waals surface area contributed by atoms with Crippen molar-refractivity contribution < 1.29 is 4.74 Å². The molecule has 0 spiro atoms. The molecule has 9 heteroatoms. The number of nitrogens with zero attached hydrogens (tertiary/aromatic N) is 4. The van der Waals surface area contributed by atoms with E-state index in [-0.39, 0.29) is 12.2 Å². The van der Waals surface area contributed by atoms with Crippen molar-refractivity contribution in [3.05, 3.63) is 91.3 Å². The van der Waals surface area contributed by atoms with E-state index in [0.717, 1.165) is 5.56 Å². The van der Waals surface area contributed by atoms with Crippen LogP contribution in [-0.4, -0.2) is 25.9 Å². The molecular weight excluding hydrogens is 403 g/mol. The van der Waals surface area contributed by atoms with E-state index in [2.05, 4.69) is 5.10 Å². The van der Waals surface area contributed by atoms with E-state index in [1.54, 1.807) is 36.4 Å². The van der Waals surface area contributed by atoms with Crippen molar-refractivity contribution in [1.29, 1.82) is 0 Å². The number of hydrogen-bond donors (Lipinski definition) is 0. The van der Waals surface area contributed by atoms with Crippen molar-refractivity contribution in [3.63, 3.8) is 0 Å². The maximum absolute atomic E-state index is 12.9. The van der Waals surface area contributed by atoms with Crippen molar-refractivity contribution in [3.8, 4) is 11.4 Å². The van der Waals surface area contributed by atoms with Gasteiger partial charge in [-0.25, -0.2) is 13.9 Å². The van der Waals surface area contributed by atoms with Gasteiger partial charge in [0.05, 0.1) is 24.4 Å². The molecule has 0 aliphatic rings. The third-order valence-corrected chi connectivity index (χ3v) is 5.00. The Balaban J connectivity index is 1.82. The zero-order valence-corrected chi connectivity index (χ0v) is 16.2. The Morgan fingerprint density at radius 2 is 1.82 bits per heavy atom. The van der Waals surface area contributed by atoms with Crippen molar-refractivity contribution in [2.45, 2.75) is 6.54 Å². The summed E-state index contributed by atoms with van der Waals surface area (Å²) in [4.78, 5) is 25.5. The predicted molar refractivity (Wildman–Crippen MR) is 107 cm³/mol. The van der Waals surface area contributed by atoms with Gasteiger partial charge in [0.1, 0.15) is 5.75 Å². The van der Waals surface area contributed by atoms with E-state index in [4.69, 9.17) is 27.9 Å². The van der Waals surface area contributed by atoms with Crippen molar-refractivity contribution in [1.82, 2.24) is 18.7 Å². The number of halogens is 2. The number of methoxy groups -OCH3 is 1. The van der Waals surface area contributed by atoms with Crippen molar-refractivity contribution in [2.24, 2.45) is 0 Å². The third kappa shape index (κ3) is 3.08. The summed E-state index contributed by atoms with van der Waals surface area (Å²) < 4.78 is 8.92. The minimum Gasteiger partial charge on any atom is -0.495 e. The number of benzene rings is 2. The SMILES string of the molecule is COc1ccc(-n2ccn3c(=O)n(Cc4ccccc4Cl)nc3c2=O)cc1Cl. The fourth-order valence-electron chi connectivity index (χ4n) is 2.91. The molecule has 4 aromatic rings. The Bertz CT molecular complexity index is 1310. The van der Waals surface area contributed by atoms with Gasteiger partial charge in [-0.1, -0.05) is 41.4 Å². The number of hydrogen-bond acceptors (Lipinski definition) is 4. The minimum absolute atomic E-state index is 0.00601. The monoisotopic (exact) mass is 416 g/mol. The van der Waals surface area contributed by atoms with Gasteiger partial charge in [0, 0.05) is 17.4 Å². The lowest BCUT2D eigenvalue weighted by Crippen LogP contribution is -2.24. The van der Waals surface area contributed by atoms with Gasteiger partial charge in [0.2, 0.25) is 5.65 Å². The molecule has 0 saturated carbocycles. The van der Waals surface area contributed by atoms with Crippen LogP contribution in [0.25, 0.3) is 11.3 Å². The molecule has 0 saturated heterocycles. The molecule has 0 N–H and O–H groups in total. The van der Waals surface area contributed by atoms with Crippen molar-refractivity contribution in [2.75, 3.05) is 7.11 Å². The molecule has 0 radical (unpaired) electrons. The van der Waals surface area contributed by atoms with E-state index in [1.165, 1.54) is 33.2 Å². The zero-order chi connectivity index (χ0) is 19.8. The molecule has 0 aliphatic heterocycles. The van der Waals surface area contributed by atoms with Gasteiger partial charge in [0.15, 0.2) is 0 Å². The average molecular weight is 417 g/mol. The second kappa shape index (κ2) is 7.18. The van der Waals surface area contributed by atoms with Crippen LogP contribution < -0.4 is 16.0 Å². The fourth-order valence-corrected chi connectivity index (χ4v) is 3.36. The van der Waals surface area contributed by atoms with E-state index < -0.39 is 11.2 Å². The zero-order valence-electron chi connectivity index (χ0n) is 14.7. The maximum Gasteiger partial charge on any atom is 0.350 e. The Morgan fingerprint density at radius 1 is 1.04 bits per heavy atom. The topological polar surface area (TPSA) is 70.5 Å². The Kier molecular flexibility index (Phi) is 4.70. The lowest BCUT2D eigenvalue weighted by atomic mass is 10.2. The fraction of sp³-hybridized carbons (Fsp3) is 0.105. The summed E-state index contributed by atoms with van der Waals surface area (Å²) in [6, 6.07) is 12.1. The molecule has 2 aromatic carbocycles. The van der Waals surface area contributed by atoms with Crippen LogP contribution in [0.5, 0.6) is 5.75 Å². The van der Waals surface area contributed by atoms with Gasteiger partial charge < -0.3 is 4.74 Å². The molecule has 142 valence electrons. The largest absolute Gasteiger partial charge is 0.495 e. The second-order valence-corrected chi connectivity index (χ2v) is 6.83. The van der Waals surface area contributed by atoms with Gasteiger partial charge in [-0.15, -0.1) is 5.10 Å². The average Bonchev–Trinajstić information content (AvgIpc) is 3.01. The van der Waals surface area contributed by atoms with Crippen LogP contribution in [0.15, 0.2) is 64.4 Å². The van der Waals surface area contributed by atoms with Crippen LogP contribution in [0.2, 0.25) is 10.0 Å². The highest BCUT2D eigenvalue weighted by Crippen LogP contribution is 2.26. The number of aromatic nitrogens is 4. The molecule has 4 rings (SSSR count). The van der Waals surface area contributed by atoms with Crippen LogP contribution in [0.1, 0.15) is 5.56 Å². The molecule has 0 unspecified atom stereocenters. The molecule has 0 atom stereocenters. The van der Waals surface area contributed by atoms with Crippen LogP contribution in [-0.2, 0) is 6.54 Å². The Morgan fingerprint density at radius 3 is 2.54 bits per heavy atom. The first-order valence-corrected chi connectivity index (χ1v) is 9.03. The smallest absolute Gasteiger partial charge is 0.350 e. The summed E-state index contributed by atoms with van der Waals surface area (Å²) in [6.07, 6.45) is 2.99. The van der Waals surface area contributed by atoms with Gasteiger partial charge in [0.25, 0.3) is 0 Å². The van der Waals surface area contributed by atoms with Crippen LogP contribution in [0, 0.1) is 0 Å². The first-order valence-electron chi connectivity index (χ1n) is 8.28. The molecule has 7 nitrogen and oxygen atoms in total. The number of rotatable bonds is 4. The van der Waals surface area contributed by atoms with Crippen LogP contribution in [0.4, 0.5) is 0 Å². The first kappa shape index (κ1) is 18.3. The van der Waals surface area contributed by atoms with Gasteiger partial charge in [-0.3, -0.25) is 9.36 Å². The molecule has 0 amide bonds. The summed E-state index contributed by atoms with van der Waals surface area (Å²) >= 11 is 12.3. The maximum atomic E-state index is 12.9. The highest BCUT2D eigenvalue weighted by atomic mass is 35.5. The lowest BCUT2D eigenvalue weighted by molar-refractivity contribution is 0.415. The van der Waals surface area contributed by atoms with Gasteiger partial charge >= 0.3 is 11.2 Å². The normalized spacial score (nSPS) is 11.1. The summed E-state index contributed by atoms with van der Waals surface area (Å²) in [5, 5.41) is 5.10. The van der Waals surface area contributed by atoms with Crippen LogP contribution >= 0.6 is 23.2 Å².